The van der Waals surface area contributed by atoms with Crippen molar-refractivity contribution in [1.29, 1.82) is 0 Å². The zero-order chi connectivity index (χ0) is 37.2. The molecule has 0 radical (unpaired) electrons. The van der Waals surface area contributed by atoms with Crippen LogP contribution in [0.15, 0.2) is 93.9 Å². The Kier molecular flexibility index (Phi) is 9.05. The van der Waals surface area contributed by atoms with Crippen LogP contribution in [0.2, 0.25) is 0 Å². The van der Waals surface area contributed by atoms with Crippen molar-refractivity contribution in [3.05, 3.63) is 127 Å². The average molecular weight is 871 g/mol. The third kappa shape index (κ3) is 6.01. The number of fused-ring (bicyclic) bond motifs is 6. The number of ether oxygens (including phenoxy) is 2. The Bertz CT molecular complexity index is 2080. The molecule has 6 aliphatic rings. The molecule has 4 aromatic carbocycles. The molecule has 0 aromatic heterocycles. The van der Waals surface area contributed by atoms with Crippen molar-refractivity contribution in [2.24, 2.45) is 0 Å². The maximum absolute atomic E-state index is 13.0. The lowest BCUT2D eigenvalue weighted by Crippen LogP contribution is -2.51. The van der Waals surface area contributed by atoms with E-state index < -0.39 is 17.1 Å². The molecule has 276 valence electrons. The van der Waals surface area contributed by atoms with Gasteiger partial charge in [0.2, 0.25) is 0 Å². The normalized spacial score (nSPS) is 28.8. The molecule has 6 unspecified atom stereocenters. The summed E-state index contributed by atoms with van der Waals surface area (Å²) in [5.41, 5.74) is 5.01. The van der Waals surface area contributed by atoms with Crippen molar-refractivity contribution in [3.63, 3.8) is 0 Å². The van der Waals surface area contributed by atoms with Gasteiger partial charge in [-0.1, -0.05) is 80.4 Å². The van der Waals surface area contributed by atoms with E-state index in [0.717, 1.165) is 58.8 Å². The Morgan fingerprint density at radius 1 is 0.630 bits per heavy atom. The molecule has 2 saturated heterocycles. The summed E-state index contributed by atoms with van der Waals surface area (Å²) in [7, 11) is 0. The molecular formula is C42H38Br2N4O5S. The second kappa shape index (κ2) is 13.8. The van der Waals surface area contributed by atoms with Crippen LogP contribution >= 0.6 is 44.1 Å². The van der Waals surface area contributed by atoms with Crippen LogP contribution in [-0.4, -0.2) is 35.2 Å². The number of nitrogens with one attached hydrogen (secondary N) is 4. The number of benzene rings is 4. The molecule has 10 rings (SSSR count). The van der Waals surface area contributed by atoms with Crippen LogP contribution in [-0.2, 0) is 33.5 Å². The third-order valence-corrected chi connectivity index (χ3v) is 13.2. The first-order valence-corrected chi connectivity index (χ1v) is 20.5. The van der Waals surface area contributed by atoms with Crippen molar-refractivity contribution in [2.75, 3.05) is 0 Å². The van der Waals surface area contributed by atoms with Crippen LogP contribution in [0.25, 0.3) is 0 Å². The Balaban J connectivity index is 0.000000142. The Morgan fingerprint density at radius 2 is 1.11 bits per heavy atom. The third-order valence-electron chi connectivity index (χ3n) is 12.0. The predicted molar refractivity (Wildman–Crippen MR) is 214 cm³/mol. The molecule has 0 bridgehead atoms. The van der Waals surface area contributed by atoms with Gasteiger partial charge in [0.05, 0.1) is 0 Å². The van der Waals surface area contributed by atoms with Crippen molar-refractivity contribution in [1.82, 2.24) is 21.3 Å². The Labute approximate surface area is 335 Å². The molecule has 4 aliphatic heterocycles. The highest BCUT2D eigenvalue weighted by molar-refractivity contribution is 9.10. The van der Waals surface area contributed by atoms with Crippen LogP contribution in [0.4, 0.5) is 4.79 Å². The summed E-state index contributed by atoms with van der Waals surface area (Å²) in [5, 5.41) is 11.8. The Morgan fingerprint density at radius 3 is 1.57 bits per heavy atom. The number of imide groups is 1. The van der Waals surface area contributed by atoms with E-state index in [2.05, 4.69) is 102 Å². The van der Waals surface area contributed by atoms with E-state index in [1.165, 1.54) is 22.3 Å². The van der Waals surface area contributed by atoms with Gasteiger partial charge in [-0.15, -0.1) is 0 Å². The van der Waals surface area contributed by atoms with Gasteiger partial charge < -0.3 is 25.4 Å². The highest BCUT2D eigenvalue weighted by Gasteiger charge is 2.55. The van der Waals surface area contributed by atoms with E-state index in [0.29, 0.717) is 29.3 Å². The van der Waals surface area contributed by atoms with Crippen molar-refractivity contribution in [2.45, 2.75) is 86.5 Å². The van der Waals surface area contributed by atoms with Gasteiger partial charge in [0.15, 0.2) is 16.2 Å². The molecular weight excluding hydrogens is 832 g/mol. The van der Waals surface area contributed by atoms with Gasteiger partial charge in [-0.3, -0.25) is 14.9 Å². The van der Waals surface area contributed by atoms with E-state index in [1.54, 1.807) is 0 Å². The molecule has 4 N–H and O–H groups in total. The van der Waals surface area contributed by atoms with Crippen LogP contribution < -0.4 is 30.7 Å². The van der Waals surface area contributed by atoms with Gasteiger partial charge in [-0.05, 0) is 109 Å². The molecule has 4 aromatic rings. The van der Waals surface area contributed by atoms with Crippen LogP contribution in [0.3, 0.4) is 0 Å². The molecule has 4 heterocycles. The molecule has 6 atom stereocenters. The maximum atomic E-state index is 13.0. The summed E-state index contributed by atoms with van der Waals surface area (Å²) >= 11 is 12.3. The number of carbonyl (C=O) groups is 3. The number of hydrogen-bond acceptors (Lipinski definition) is 6. The van der Waals surface area contributed by atoms with Crippen molar-refractivity contribution >= 4 is 67.0 Å². The number of urea groups is 1. The lowest BCUT2D eigenvalue weighted by Gasteiger charge is -2.42. The summed E-state index contributed by atoms with van der Waals surface area (Å²) in [4.78, 5) is 37.8. The van der Waals surface area contributed by atoms with E-state index in [4.69, 9.17) is 21.7 Å². The molecule has 2 aliphatic carbocycles. The van der Waals surface area contributed by atoms with Crippen LogP contribution in [0.5, 0.6) is 11.5 Å². The minimum absolute atomic E-state index is 0.0840. The fourth-order valence-electron chi connectivity index (χ4n) is 9.56. The summed E-state index contributed by atoms with van der Waals surface area (Å²) in [5.74, 6) is 1.49. The minimum Gasteiger partial charge on any atom is -0.489 e. The monoisotopic (exact) mass is 868 g/mol. The largest absolute Gasteiger partial charge is 0.489 e. The fourth-order valence-corrected chi connectivity index (χ4v) is 10.6. The topological polar surface area (TPSA) is 118 Å². The number of amides is 4. The SMILES string of the molecule is O=C1NC(=O)C2(CC(C3CCCc4ccccc43)Oc3ccc(Br)cc32)N1.O=C1NC(=S)NC12CC(C1CCCc3ccccc31)Oc1ccc(Br)cc12. The molecule has 2 spiro atoms. The number of thiocarbonyl (C=S) groups is 1. The van der Waals surface area contributed by atoms with Crippen molar-refractivity contribution < 1.29 is 23.9 Å². The fraction of sp³-hybridized carbons (Fsp3) is 0.333. The van der Waals surface area contributed by atoms with Crippen LogP contribution in [0, 0.1) is 0 Å². The number of hydrogen-bond donors (Lipinski definition) is 4. The summed E-state index contributed by atoms with van der Waals surface area (Å²) in [6, 6.07) is 28.1. The zero-order valence-corrected chi connectivity index (χ0v) is 33.2. The summed E-state index contributed by atoms with van der Waals surface area (Å²) in [6.45, 7) is 0. The highest BCUT2D eigenvalue weighted by Crippen LogP contribution is 2.49. The number of rotatable bonds is 2. The first kappa shape index (κ1) is 35.4. The molecule has 12 heteroatoms. The summed E-state index contributed by atoms with van der Waals surface area (Å²) < 4.78 is 14.6. The highest BCUT2D eigenvalue weighted by atomic mass is 79.9. The molecule has 2 fully saturated rings. The molecule has 4 amide bonds. The first-order chi connectivity index (χ1) is 26.1. The lowest BCUT2D eigenvalue weighted by molar-refractivity contribution is -0.127. The van der Waals surface area contributed by atoms with Crippen LogP contribution in [0.1, 0.15) is 83.7 Å². The minimum atomic E-state index is -1.08. The quantitative estimate of drug-likeness (QED) is 0.121. The van der Waals surface area contributed by atoms with Gasteiger partial charge in [0.1, 0.15) is 23.7 Å². The number of aryl methyl sites for hydroxylation is 2. The van der Waals surface area contributed by atoms with E-state index in [-0.39, 0.29) is 35.9 Å². The summed E-state index contributed by atoms with van der Waals surface area (Å²) in [6.07, 6.45) is 7.22. The van der Waals surface area contributed by atoms with Gasteiger partial charge in [-0.25, -0.2) is 4.79 Å². The predicted octanol–water partition coefficient (Wildman–Crippen LogP) is 7.67. The second-order valence-electron chi connectivity index (χ2n) is 15.0. The van der Waals surface area contributed by atoms with Gasteiger partial charge in [-0.2, -0.15) is 0 Å². The van der Waals surface area contributed by atoms with E-state index in [9.17, 15) is 14.4 Å². The van der Waals surface area contributed by atoms with Gasteiger partial charge >= 0.3 is 6.03 Å². The van der Waals surface area contributed by atoms with Gasteiger partial charge in [0, 0.05) is 44.7 Å². The maximum Gasteiger partial charge on any atom is 0.322 e. The number of carbonyl (C=O) groups excluding carboxylic acids is 3. The lowest BCUT2D eigenvalue weighted by atomic mass is 9.73. The first-order valence-electron chi connectivity index (χ1n) is 18.5. The molecule has 9 nitrogen and oxygen atoms in total. The van der Waals surface area contributed by atoms with E-state index >= 15 is 0 Å². The molecule has 54 heavy (non-hydrogen) atoms. The van der Waals surface area contributed by atoms with E-state index in [1.807, 2.05) is 36.4 Å². The Hall–Kier alpha value is -4.26. The molecule has 0 saturated carbocycles. The smallest absolute Gasteiger partial charge is 0.322 e. The van der Waals surface area contributed by atoms with Gasteiger partial charge in [0.25, 0.3) is 11.8 Å². The van der Waals surface area contributed by atoms with Crippen molar-refractivity contribution in [3.8, 4) is 11.5 Å². The number of halogens is 2. The standard InChI is InChI=1S/C21H19BrN2O3.C21H19BrN2O2S/c22-13-8-9-17-16(10-13)21(19(25)23-20(26)24-21)11-18(27-17)15-7-3-5-12-4-1-2-6-14(12)15;22-13-8-9-17-16(10-13)21(19(25)23-20(27)24-21)11-18(26-17)15-7-3-5-12-4-1-2-6-14(12)15/h1-2,4,6,8-10,15,18H,3,5,7,11H2,(H2,23,24,25,26);1-2,4,6,8-10,15,18H,3,5,7,11H2,(H2,23,24,25,27). The zero-order valence-electron chi connectivity index (χ0n) is 29.3. The second-order valence-corrected chi connectivity index (χ2v) is 17.3. The average Bonchev–Trinajstić information content (AvgIpc) is 3.62.